The van der Waals surface area contributed by atoms with Crippen LogP contribution in [0.5, 0.6) is 0 Å². The van der Waals surface area contributed by atoms with Crippen molar-refractivity contribution in [2.45, 2.75) is 0 Å². The van der Waals surface area contributed by atoms with Gasteiger partial charge in [-0.15, -0.1) is 4.91 Å². The van der Waals surface area contributed by atoms with Crippen LogP contribution in [0.3, 0.4) is 0 Å². The number of amides is 1. The minimum atomic E-state index is -0.285. The molecule has 0 aromatic heterocycles. The monoisotopic (exact) mass is 223 g/mol. The molecule has 0 fully saturated rings. The fourth-order valence-corrected chi connectivity index (χ4v) is 1.12. The number of benzene rings is 1. The zero-order valence-electron chi connectivity index (χ0n) is 8.67. The van der Waals surface area contributed by atoms with Gasteiger partial charge in [0.25, 0.3) is 5.91 Å². The maximum atomic E-state index is 11.5. The number of rotatable bonds is 6. The van der Waals surface area contributed by atoms with Crippen molar-refractivity contribution in [3.8, 4) is 0 Å². The number of nitrogens with one attached hydrogen (secondary N) is 1. The van der Waals surface area contributed by atoms with Gasteiger partial charge in [0.15, 0.2) is 0 Å². The van der Waals surface area contributed by atoms with Crippen molar-refractivity contribution >= 4 is 5.91 Å². The number of nitrogens with zero attached hydrogens (tertiary/aromatic N) is 2. The molecule has 0 saturated carbocycles. The fraction of sp³-hybridized carbons (Fsp3) is 0.300. The Kier molecular flexibility index (Phi) is 4.94. The second kappa shape index (κ2) is 6.52. The molecule has 1 aromatic carbocycles. The van der Waals surface area contributed by atoms with Crippen molar-refractivity contribution in [3.63, 3.8) is 0 Å². The Hall–Kier alpha value is -1.95. The van der Waals surface area contributed by atoms with Crippen LogP contribution in [-0.4, -0.2) is 35.8 Å². The van der Waals surface area contributed by atoms with Crippen molar-refractivity contribution in [1.82, 2.24) is 10.3 Å². The van der Waals surface area contributed by atoms with Crippen LogP contribution in [0.1, 0.15) is 10.4 Å². The van der Waals surface area contributed by atoms with Gasteiger partial charge in [0.1, 0.15) is 6.67 Å². The highest BCUT2D eigenvalue weighted by atomic mass is 16.3. The minimum absolute atomic E-state index is 0.0161. The molecule has 0 aliphatic carbocycles. The van der Waals surface area contributed by atoms with Gasteiger partial charge in [0, 0.05) is 5.56 Å². The van der Waals surface area contributed by atoms with E-state index in [0.717, 1.165) is 5.01 Å². The number of nitroso groups, excluding NO2 is 1. The molecule has 0 heterocycles. The number of hydrogen-bond acceptors (Lipinski definition) is 4. The van der Waals surface area contributed by atoms with Gasteiger partial charge in [-0.25, -0.2) is 5.01 Å². The zero-order chi connectivity index (χ0) is 11.8. The lowest BCUT2D eigenvalue weighted by atomic mass is 10.2. The lowest BCUT2D eigenvalue weighted by Crippen LogP contribution is -2.35. The maximum Gasteiger partial charge on any atom is 0.252 e. The van der Waals surface area contributed by atoms with E-state index in [1.165, 1.54) is 0 Å². The first kappa shape index (κ1) is 12.1. The molecule has 1 amide bonds. The summed E-state index contributed by atoms with van der Waals surface area (Å²) >= 11 is 0. The smallest absolute Gasteiger partial charge is 0.252 e. The topological polar surface area (TPSA) is 82.0 Å². The average molecular weight is 223 g/mol. The zero-order valence-corrected chi connectivity index (χ0v) is 8.67. The molecule has 86 valence electrons. The average Bonchev–Trinajstić information content (AvgIpc) is 2.35. The van der Waals surface area contributed by atoms with E-state index >= 15 is 0 Å². The van der Waals surface area contributed by atoms with Crippen LogP contribution >= 0.6 is 0 Å². The first-order valence-electron chi connectivity index (χ1n) is 4.80. The highest BCUT2D eigenvalue weighted by Crippen LogP contribution is 1.97. The Bertz CT molecular complexity index is 342. The standard InChI is InChI=1S/C10H13N3O3/c14-7-6-13(12-16)8-11-10(15)9-4-2-1-3-5-9/h1-5,14H,6-8H2,(H,11,15). The highest BCUT2D eigenvalue weighted by molar-refractivity contribution is 5.94. The number of carbonyl (C=O) groups excluding carboxylic acids is 1. The summed E-state index contributed by atoms with van der Waals surface area (Å²) in [5.74, 6) is -0.285. The van der Waals surface area contributed by atoms with Gasteiger partial charge >= 0.3 is 0 Å². The Balaban J connectivity index is 2.43. The van der Waals surface area contributed by atoms with Gasteiger partial charge < -0.3 is 10.4 Å². The molecule has 6 heteroatoms. The summed E-state index contributed by atoms with van der Waals surface area (Å²) in [4.78, 5) is 21.8. The first-order chi connectivity index (χ1) is 7.77. The van der Waals surface area contributed by atoms with Gasteiger partial charge in [-0.1, -0.05) is 18.2 Å². The summed E-state index contributed by atoms with van der Waals surface area (Å²) in [7, 11) is 0. The quantitative estimate of drug-likeness (QED) is 0.414. The third kappa shape index (κ3) is 3.66. The molecule has 0 spiro atoms. The molecule has 2 N–H and O–H groups in total. The van der Waals surface area contributed by atoms with Crippen molar-refractivity contribution in [2.75, 3.05) is 19.8 Å². The van der Waals surface area contributed by atoms with Crippen LogP contribution in [0, 0.1) is 4.91 Å². The summed E-state index contributed by atoms with van der Waals surface area (Å²) in [6.07, 6.45) is 0. The number of aliphatic hydroxyl groups excluding tert-OH is 1. The van der Waals surface area contributed by atoms with Crippen LogP contribution in [-0.2, 0) is 0 Å². The largest absolute Gasteiger partial charge is 0.394 e. The number of aliphatic hydroxyl groups is 1. The molecule has 16 heavy (non-hydrogen) atoms. The second-order valence-electron chi connectivity index (χ2n) is 3.07. The van der Waals surface area contributed by atoms with Crippen molar-refractivity contribution in [2.24, 2.45) is 5.29 Å². The summed E-state index contributed by atoms with van der Waals surface area (Å²) in [5, 5.41) is 14.8. The molecular formula is C10H13N3O3. The Morgan fingerprint density at radius 2 is 2.06 bits per heavy atom. The minimum Gasteiger partial charge on any atom is -0.394 e. The Morgan fingerprint density at radius 1 is 1.38 bits per heavy atom. The second-order valence-corrected chi connectivity index (χ2v) is 3.07. The van der Waals surface area contributed by atoms with Crippen LogP contribution in [0.25, 0.3) is 0 Å². The molecule has 0 aliphatic rings. The molecule has 0 aliphatic heterocycles. The van der Waals surface area contributed by atoms with E-state index in [1.807, 2.05) is 6.07 Å². The maximum absolute atomic E-state index is 11.5. The lowest BCUT2D eigenvalue weighted by Gasteiger charge is -2.14. The molecule has 0 bridgehead atoms. The van der Waals surface area contributed by atoms with Gasteiger partial charge in [0.05, 0.1) is 18.4 Å². The van der Waals surface area contributed by atoms with E-state index in [0.29, 0.717) is 5.56 Å². The van der Waals surface area contributed by atoms with E-state index in [9.17, 15) is 9.70 Å². The van der Waals surface area contributed by atoms with E-state index in [1.54, 1.807) is 24.3 Å². The van der Waals surface area contributed by atoms with Crippen LogP contribution in [0.15, 0.2) is 35.6 Å². The number of hydrogen-bond donors (Lipinski definition) is 2. The predicted molar refractivity (Wildman–Crippen MR) is 58.4 cm³/mol. The van der Waals surface area contributed by atoms with E-state index in [2.05, 4.69) is 10.6 Å². The molecule has 6 nitrogen and oxygen atoms in total. The van der Waals surface area contributed by atoms with E-state index in [4.69, 9.17) is 5.11 Å². The summed E-state index contributed by atoms with van der Waals surface area (Å²) in [6.45, 7) is -0.108. The molecule has 0 atom stereocenters. The SMILES string of the molecule is O=NN(CCO)CNC(=O)c1ccccc1. The van der Waals surface area contributed by atoms with Gasteiger partial charge in [-0.3, -0.25) is 4.79 Å². The molecule has 0 saturated heterocycles. The Labute approximate surface area is 92.8 Å². The molecular weight excluding hydrogens is 210 g/mol. The van der Waals surface area contributed by atoms with Crippen LogP contribution in [0.4, 0.5) is 0 Å². The van der Waals surface area contributed by atoms with Crippen molar-refractivity contribution in [3.05, 3.63) is 40.8 Å². The number of carbonyl (C=O) groups is 1. The van der Waals surface area contributed by atoms with Gasteiger partial charge in [-0.2, -0.15) is 0 Å². The van der Waals surface area contributed by atoms with E-state index in [-0.39, 0.29) is 25.7 Å². The third-order valence-corrected chi connectivity index (χ3v) is 1.93. The first-order valence-corrected chi connectivity index (χ1v) is 4.80. The fourth-order valence-electron chi connectivity index (χ4n) is 1.12. The van der Waals surface area contributed by atoms with Crippen molar-refractivity contribution < 1.29 is 9.90 Å². The van der Waals surface area contributed by atoms with Gasteiger partial charge in [0.2, 0.25) is 0 Å². The summed E-state index contributed by atoms with van der Waals surface area (Å²) in [6, 6.07) is 8.64. The predicted octanol–water partition coefficient (Wildman–Crippen LogP) is 0.350. The molecule has 0 unspecified atom stereocenters. The third-order valence-electron chi connectivity index (χ3n) is 1.93. The normalized spacial score (nSPS) is 9.56. The van der Waals surface area contributed by atoms with Crippen LogP contribution in [0.2, 0.25) is 0 Å². The Morgan fingerprint density at radius 3 is 2.62 bits per heavy atom. The summed E-state index contributed by atoms with van der Waals surface area (Å²) in [5.41, 5.74) is 0.511. The highest BCUT2D eigenvalue weighted by Gasteiger charge is 2.06. The molecule has 1 aromatic rings. The molecule has 1 rings (SSSR count). The van der Waals surface area contributed by atoms with E-state index < -0.39 is 0 Å². The van der Waals surface area contributed by atoms with Crippen molar-refractivity contribution in [1.29, 1.82) is 0 Å². The lowest BCUT2D eigenvalue weighted by molar-refractivity contribution is 0.0913. The molecule has 0 radical (unpaired) electrons. The summed E-state index contributed by atoms with van der Waals surface area (Å²) < 4.78 is 0. The van der Waals surface area contributed by atoms with Gasteiger partial charge in [-0.05, 0) is 12.1 Å². The van der Waals surface area contributed by atoms with Crippen LogP contribution < -0.4 is 5.32 Å².